The quantitative estimate of drug-likeness (QED) is 0.883. The number of amides is 1. The summed E-state index contributed by atoms with van der Waals surface area (Å²) in [6.07, 6.45) is 6.09. The van der Waals surface area contributed by atoms with Gasteiger partial charge in [0.1, 0.15) is 5.76 Å². The van der Waals surface area contributed by atoms with Crippen LogP contribution in [0.25, 0.3) is 0 Å². The number of furan rings is 1. The molecular formula is C14H20N2O2. The Kier molecular flexibility index (Phi) is 3.37. The predicted octanol–water partition coefficient (Wildman–Crippen LogP) is 1.77. The van der Waals surface area contributed by atoms with Crippen molar-refractivity contribution < 1.29 is 9.21 Å². The van der Waals surface area contributed by atoms with Crippen molar-refractivity contribution in [1.82, 2.24) is 10.2 Å². The van der Waals surface area contributed by atoms with Gasteiger partial charge in [-0.05, 0) is 44.4 Å². The van der Waals surface area contributed by atoms with Crippen LogP contribution in [0.1, 0.15) is 31.4 Å². The lowest BCUT2D eigenvalue weighted by atomic mass is 9.98. The van der Waals surface area contributed by atoms with Crippen LogP contribution >= 0.6 is 0 Å². The Hall–Kier alpha value is -1.29. The third-order valence-electron chi connectivity index (χ3n) is 3.82. The molecule has 0 aromatic carbocycles. The molecule has 98 valence electrons. The second-order valence-electron chi connectivity index (χ2n) is 5.32. The number of nitrogens with one attached hydrogen (secondary N) is 1. The maximum atomic E-state index is 12.6. The van der Waals surface area contributed by atoms with Gasteiger partial charge >= 0.3 is 0 Å². The highest BCUT2D eigenvalue weighted by atomic mass is 16.3. The summed E-state index contributed by atoms with van der Waals surface area (Å²) in [6.45, 7) is 2.51. The number of carbonyl (C=O) groups excluding carboxylic acids is 1. The van der Waals surface area contributed by atoms with Gasteiger partial charge in [-0.2, -0.15) is 0 Å². The fourth-order valence-corrected chi connectivity index (χ4v) is 2.64. The molecule has 4 heteroatoms. The van der Waals surface area contributed by atoms with E-state index in [1.165, 1.54) is 0 Å². The van der Waals surface area contributed by atoms with Crippen molar-refractivity contribution in [3.8, 4) is 0 Å². The maximum absolute atomic E-state index is 12.6. The average molecular weight is 248 g/mol. The van der Waals surface area contributed by atoms with E-state index in [9.17, 15) is 4.79 Å². The van der Waals surface area contributed by atoms with Gasteiger partial charge in [0.25, 0.3) is 0 Å². The molecule has 1 N–H and O–H groups in total. The van der Waals surface area contributed by atoms with Crippen molar-refractivity contribution in [2.24, 2.45) is 5.92 Å². The Labute approximate surface area is 107 Å². The van der Waals surface area contributed by atoms with E-state index in [1.54, 1.807) is 6.26 Å². The zero-order valence-electron chi connectivity index (χ0n) is 10.6. The van der Waals surface area contributed by atoms with Gasteiger partial charge in [-0.25, -0.2) is 0 Å². The van der Waals surface area contributed by atoms with Gasteiger partial charge in [0, 0.05) is 12.6 Å². The minimum atomic E-state index is 0.161. The number of piperidine rings is 1. The highest BCUT2D eigenvalue weighted by Gasteiger charge is 2.36. The van der Waals surface area contributed by atoms with E-state index in [0.29, 0.717) is 18.5 Å². The number of rotatable bonds is 4. The molecule has 2 fully saturated rings. The third kappa shape index (κ3) is 2.58. The van der Waals surface area contributed by atoms with Crippen LogP contribution in [0.2, 0.25) is 0 Å². The number of carbonyl (C=O) groups is 1. The Balaban J connectivity index is 1.66. The van der Waals surface area contributed by atoms with E-state index in [0.717, 1.165) is 44.5 Å². The summed E-state index contributed by atoms with van der Waals surface area (Å²) in [5, 5.41) is 3.32. The van der Waals surface area contributed by atoms with Crippen LogP contribution in [0.5, 0.6) is 0 Å². The topological polar surface area (TPSA) is 45.5 Å². The summed E-state index contributed by atoms with van der Waals surface area (Å²) >= 11 is 0. The molecule has 0 radical (unpaired) electrons. The smallest absolute Gasteiger partial charge is 0.227 e. The maximum Gasteiger partial charge on any atom is 0.227 e. The monoisotopic (exact) mass is 248 g/mol. The van der Waals surface area contributed by atoms with Gasteiger partial charge in [0.15, 0.2) is 0 Å². The SMILES string of the molecule is O=C(C1CCCNC1)N(Cc1ccco1)C1CC1. The standard InChI is InChI=1S/C14H20N2O2/c17-14(11-3-1-7-15-9-11)16(12-5-6-12)10-13-4-2-8-18-13/h2,4,8,11-12,15H,1,3,5-7,9-10H2. The van der Waals surface area contributed by atoms with E-state index in [-0.39, 0.29) is 5.92 Å². The first kappa shape index (κ1) is 11.8. The minimum absolute atomic E-state index is 0.161. The van der Waals surface area contributed by atoms with Gasteiger partial charge in [0.05, 0.1) is 18.7 Å². The number of hydrogen-bond acceptors (Lipinski definition) is 3. The predicted molar refractivity (Wildman–Crippen MR) is 67.9 cm³/mol. The van der Waals surface area contributed by atoms with Crippen LogP contribution in [-0.2, 0) is 11.3 Å². The van der Waals surface area contributed by atoms with E-state index in [2.05, 4.69) is 5.32 Å². The van der Waals surface area contributed by atoms with Crippen molar-refractivity contribution in [2.45, 2.75) is 38.3 Å². The largest absolute Gasteiger partial charge is 0.467 e. The van der Waals surface area contributed by atoms with Crippen LogP contribution < -0.4 is 5.32 Å². The molecule has 1 aromatic heterocycles. The van der Waals surface area contributed by atoms with Crippen LogP contribution in [0.3, 0.4) is 0 Å². The normalized spacial score (nSPS) is 23.9. The van der Waals surface area contributed by atoms with Gasteiger partial charge in [-0.15, -0.1) is 0 Å². The van der Waals surface area contributed by atoms with Crippen molar-refractivity contribution in [3.05, 3.63) is 24.2 Å². The molecule has 4 nitrogen and oxygen atoms in total. The van der Waals surface area contributed by atoms with Crippen LogP contribution in [0.15, 0.2) is 22.8 Å². The molecule has 1 saturated heterocycles. The lowest BCUT2D eigenvalue weighted by Crippen LogP contribution is -2.43. The molecule has 1 aliphatic carbocycles. The summed E-state index contributed by atoms with van der Waals surface area (Å²) in [4.78, 5) is 14.6. The van der Waals surface area contributed by atoms with Crippen molar-refractivity contribution in [3.63, 3.8) is 0 Å². The van der Waals surface area contributed by atoms with E-state index < -0.39 is 0 Å². The number of hydrogen-bond donors (Lipinski definition) is 1. The molecule has 1 aromatic rings. The second-order valence-corrected chi connectivity index (χ2v) is 5.32. The van der Waals surface area contributed by atoms with Gasteiger partial charge in [0.2, 0.25) is 5.91 Å². The highest BCUT2D eigenvalue weighted by Crippen LogP contribution is 2.30. The second kappa shape index (κ2) is 5.14. The summed E-state index contributed by atoms with van der Waals surface area (Å²) in [6, 6.07) is 4.28. The van der Waals surface area contributed by atoms with E-state index in [4.69, 9.17) is 4.42 Å². The van der Waals surface area contributed by atoms with Crippen LogP contribution in [0.4, 0.5) is 0 Å². The number of nitrogens with zero attached hydrogens (tertiary/aromatic N) is 1. The first-order valence-corrected chi connectivity index (χ1v) is 6.88. The molecule has 18 heavy (non-hydrogen) atoms. The summed E-state index contributed by atoms with van der Waals surface area (Å²) in [5.41, 5.74) is 0. The molecule has 1 aliphatic heterocycles. The molecule has 2 heterocycles. The van der Waals surface area contributed by atoms with Crippen molar-refractivity contribution in [1.29, 1.82) is 0 Å². The van der Waals surface area contributed by atoms with Gasteiger partial charge < -0.3 is 14.6 Å². The van der Waals surface area contributed by atoms with Crippen LogP contribution in [0, 0.1) is 5.92 Å². The van der Waals surface area contributed by atoms with Gasteiger partial charge in [-0.1, -0.05) is 0 Å². The highest BCUT2D eigenvalue weighted by molar-refractivity contribution is 5.79. The third-order valence-corrected chi connectivity index (χ3v) is 3.82. The lowest BCUT2D eigenvalue weighted by Gasteiger charge is -2.29. The first-order valence-electron chi connectivity index (χ1n) is 6.88. The Bertz CT molecular complexity index is 392. The van der Waals surface area contributed by atoms with E-state index in [1.807, 2.05) is 17.0 Å². The molecule has 2 aliphatic rings. The average Bonchev–Trinajstić information content (AvgIpc) is 3.13. The Morgan fingerprint density at radius 3 is 2.94 bits per heavy atom. The summed E-state index contributed by atoms with van der Waals surface area (Å²) in [5.74, 6) is 1.36. The first-order chi connectivity index (χ1) is 8.84. The lowest BCUT2D eigenvalue weighted by molar-refractivity contribution is -0.137. The van der Waals surface area contributed by atoms with Gasteiger partial charge in [-0.3, -0.25) is 4.79 Å². The molecule has 1 atom stereocenters. The molecule has 1 amide bonds. The Morgan fingerprint density at radius 1 is 1.44 bits per heavy atom. The molecule has 0 bridgehead atoms. The summed E-state index contributed by atoms with van der Waals surface area (Å²) < 4.78 is 5.37. The summed E-state index contributed by atoms with van der Waals surface area (Å²) in [7, 11) is 0. The van der Waals surface area contributed by atoms with Crippen molar-refractivity contribution in [2.75, 3.05) is 13.1 Å². The van der Waals surface area contributed by atoms with Crippen molar-refractivity contribution >= 4 is 5.91 Å². The molecule has 0 spiro atoms. The van der Waals surface area contributed by atoms with E-state index >= 15 is 0 Å². The molecule has 1 saturated carbocycles. The molecular weight excluding hydrogens is 228 g/mol. The zero-order chi connectivity index (χ0) is 12.4. The fraction of sp³-hybridized carbons (Fsp3) is 0.643. The molecule has 3 rings (SSSR count). The van der Waals surface area contributed by atoms with Crippen LogP contribution in [-0.4, -0.2) is 29.9 Å². The fourth-order valence-electron chi connectivity index (χ4n) is 2.64. The zero-order valence-corrected chi connectivity index (χ0v) is 10.6. The Morgan fingerprint density at radius 2 is 2.33 bits per heavy atom. The minimum Gasteiger partial charge on any atom is -0.467 e. The molecule has 1 unspecified atom stereocenters.